The van der Waals surface area contributed by atoms with E-state index in [4.69, 9.17) is 4.74 Å². The van der Waals surface area contributed by atoms with Crippen LogP contribution in [0.4, 0.5) is 10.5 Å². The van der Waals surface area contributed by atoms with Gasteiger partial charge < -0.3 is 20.3 Å². The Morgan fingerprint density at radius 3 is 2.64 bits per heavy atom. The van der Waals surface area contributed by atoms with Gasteiger partial charge in [-0.25, -0.2) is 4.79 Å². The van der Waals surface area contributed by atoms with Gasteiger partial charge in [-0.2, -0.15) is 0 Å². The van der Waals surface area contributed by atoms with E-state index in [0.29, 0.717) is 6.54 Å². The molecule has 5 heteroatoms. The van der Waals surface area contributed by atoms with Crippen LogP contribution in [0.2, 0.25) is 0 Å². The summed E-state index contributed by atoms with van der Waals surface area (Å²) in [6, 6.07) is 8.06. The van der Waals surface area contributed by atoms with Crippen molar-refractivity contribution in [3.8, 4) is 0 Å². The molecule has 0 aliphatic rings. The molecule has 0 aliphatic heterocycles. The highest BCUT2D eigenvalue weighted by Gasteiger charge is 2.15. The van der Waals surface area contributed by atoms with Gasteiger partial charge in [-0.05, 0) is 65.5 Å². The Labute approximate surface area is 134 Å². The second-order valence-electron chi connectivity index (χ2n) is 6.64. The molecule has 0 radical (unpaired) electrons. The first-order valence-electron chi connectivity index (χ1n) is 7.71. The molecule has 0 unspecified atom stereocenters. The lowest BCUT2D eigenvalue weighted by Crippen LogP contribution is -2.32. The lowest BCUT2D eigenvalue weighted by molar-refractivity contribution is 0.0523. The third-order valence-electron chi connectivity index (χ3n) is 2.87. The number of amides is 1. The molecule has 0 aromatic heterocycles. The highest BCUT2D eigenvalue weighted by atomic mass is 16.6. The number of alkyl carbamates (subject to hydrolysis) is 1. The quantitative estimate of drug-likeness (QED) is 0.760. The molecule has 1 amide bonds. The topological polar surface area (TPSA) is 53.6 Å². The number of ether oxygens (including phenoxy) is 1. The first-order valence-corrected chi connectivity index (χ1v) is 7.71. The normalized spacial score (nSPS) is 11.4. The highest BCUT2D eigenvalue weighted by molar-refractivity contribution is 5.67. The zero-order valence-electron chi connectivity index (χ0n) is 14.4. The summed E-state index contributed by atoms with van der Waals surface area (Å²) in [6.07, 6.45) is 0.699. The van der Waals surface area contributed by atoms with Gasteiger partial charge in [0.05, 0.1) is 0 Å². The van der Waals surface area contributed by atoms with Crippen LogP contribution in [-0.2, 0) is 11.3 Å². The molecule has 0 saturated carbocycles. The maximum absolute atomic E-state index is 11.6. The Morgan fingerprint density at radius 2 is 2.00 bits per heavy atom. The predicted octanol–water partition coefficient (Wildman–Crippen LogP) is 3.07. The van der Waals surface area contributed by atoms with Crippen molar-refractivity contribution in [2.24, 2.45) is 0 Å². The Kier molecular flexibility index (Phi) is 7.18. The standard InChI is InChI=1S/C17H29N3O2/c1-17(2,3)22-16(21)19-13-14-8-6-9-15(12-14)18-10-7-11-20(4)5/h6,8-9,12,18H,7,10-11,13H2,1-5H3,(H,19,21). The van der Waals surface area contributed by atoms with Gasteiger partial charge in [0.15, 0.2) is 0 Å². The zero-order valence-corrected chi connectivity index (χ0v) is 14.4. The first-order chi connectivity index (χ1) is 10.3. The Balaban J connectivity index is 2.39. The lowest BCUT2D eigenvalue weighted by atomic mass is 10.2. The molecule has 0 saturated heterocycles. The summed E-state index contributed by atoms with van der Waals surface area (Å²) in [4.78, 5) is 13.8. The van der Waals surface area contributed by atoms with Crippen molar-refractivity contribution in [1.82, 2.24) is 10.2 Å². The fraction of sp³-hybridized carbons (Fsp3) is 0.588. The fourth-order valence-corrected chi connectivity index (χ4v) is 1.91. The van der Waals surface area contributed by atoms with Gasteiger partial charge in [-0.3, -0.25) is 0 Å². The summed E-state index contributed by atoms with van der Waals surface area (Å²) < 4.78 is 5.22. The molecule has 1 aromatic rings. The lowest BCUT2D eigenvalue weighted by Gasteiger charge is -2.19. The molecule has 0 spiro atoms. The smallest absolute Gasteiger partial charge is 0.407 e. The molecule has 1 rings (SSSR count). The average molecular weight is 307 g/mol. The van der Waals surface area contributed by atoms with E-state index in [1.165, 1.54) is 0 Å². The number of anilines is 1. The summed E-state index contributed by atoms with van der Waals surface area (Å²) in [6.45, 7) is 8.01. The largest absolute Gasteiger partial charge is 0.444 e. The number of nitrogens with zero attached hydrogens (tertiary/aromatic N) is 1. The van der Waals surface area contributed by atoms with E-state index in [2.05, 4.69) is 29.6 Å². The number of nitrogens with one attached hydrogen (secondary N) is 2. The van der Waals surface area contributed by atoms with Crippen molar-refractivity contribution in [3.63, 3.8) is 0 Å². The van der Waals surface area contributed by atoms with Crippen molar-refractivity contribution >= 4 is 11.8 Å². The third-order valence-corrected chi connectivity index (χ3v) is 2.87. The molecule has 2 N–H and O–H groups in total. The minimum Gasteiger partial charge on any atom is -0.444 e. The molecular formula is C17H29N3O2. The second kappa shape index (κ2) is 8.63. The molecule has 1 aromatic carbocycles. The summed E-state index contributed by atoms with van der Waals surface area (Å²) in [5, 5.41) is 6.16. The highest BCUT2D eigenvalue weighted by Crippen LogP contribution is 2.11. The van der Waals surface area contributed by atoms with E-state index in [1.54, 1.807) is 0 Å². The average Bonchev–Trinajstić information content (AvgIpc) is 2.40. The molecule has 124 valence electrons. The van der Waals surface area contributed by atoms with Crippen molar-refractivity contribution in [2.75, 3.05) is 32.5 Å². The molecule has 0 bridgehead atoms. The van der Waals surface area contributed by atoms with E-state index in [0.717, 1.165) is 30.8 Å². The van der Waals surface area contributed by atoms with Crippen LogP contribution in [0.1, 0.15) is 32.8 Å². The molecule has 0 fully saturated rings. The van der Waals surface area contributed by atoms with Crippen LogP contribution in [0, 0.1) is 0 Å². The number of carbonyl (C=O) groups is 1. The Morgan fingerprint density at radius 1 is 1.27 bits per heavy atom. The first kappa shape index (κ1) is 18.3. The van der Waals surface area contributed by atoms with Gasteiger partial charge >= 0.3 is 6.09 Å². The SMILES string of the molecule is CN(C)CCCNc1cccc(CNC(=O)OC(C)(C)C)c1. The van der Waals surface area contributed by atoms with Gasteiger partial charge in [-0.15, -0.1) is 0 Å². The number of hydrogen-bond acceptors (Lipinski definition) is 4. The molecule has 0 heterocycles. The van der Waals surface area contributed by atoms with Crippen molar-refractivity contribution in [3.05, 3.63) is 29.8 Å². The minimum atomic E-state index is -0.472. The maximum Gasteiger partial charge on any atom is 0.407 e. The molecule has 0 aliphatic carbocycles. The van der Waals surface area contributed by atoms with Crippen LogP contribution < -0.4 is 10.6 Å². The monoisotopic (exact) mass is 307 g/mol. The summed E-state index contributed by atoms with van der Waals surface area (Å²) in [7, 11) is 4.14. The van der Waals surface area contributed by atoms with Crippen LogP contribution in [-0.4, -0.2) is 43.8 Å². The second-order valence-corrected chi connectivity index (χ2v) is 6.64. The fourth-order valence-electron chi connectivity index (χ4n) is 1.91. The van der Waals surface area contributed by atoms with Gasteiger partial charge in [0.25, 0.3) is 0 Å². The van der Waals surface area contributed by atoms with Crippen LogP contribution in [0.5, 0.6) is 0 Å². The van der Waals surface area contributed by atoms with Gasteiger partial charge in [0, 0.05) is 18.8 Å². The number of carbonyl (C=O) groups excluding carboxylic acids is 1. The number of benzene rings is 1. The Hall–Kier alpha value is -1.75. The molecule has 5 nitrogen and oxygen atoms in total. The minimum absolute atomic E-state index is 0.392. The van der Waals surface area contributed by atoms with Gasteiger partial charge in [-0.1, -0.05) is 12.1 Å². The van der Waals surface area contributed by atoms with Crippen LogP contribution in [0.3, 0.4) is 0 Å². The molecular weight excluding hydrogens is 278 g/mol. The number of hydrogen-bond donors (Lipinski definition) is 2. The number of rotatable bonds is 7. The van der Waals surface area contributed by atoms with Crippen molar-refractivity contribution < 1.29 is 9.53 Å². The van der Waals surface area contributed by atoms with Crippen molar-refractivity contribution in [1.29, 1.82) is 0 Å². The summed E-state index contributed by atoms with van der Waals surface area (Å²) >= 11 is 0. The van der Waals surface area contributed by atoms with Crippen LogP contribution >= 0.6 is 0 Å². The predicted molar refractivity (Wildman–Crippen MR) is 91.2 cm³/mol. The van der Waals surface area contributed by atoms with Gasteiger partial charge in [0.2, 0.25) is 0 Å². The van der Waals surface area contributed by atoms with Crippen LogP contribution in [0.15, 0.2) is 24.3 Å². The van der Waals surface area contributed by atoms with Gasteiger partial charge in [0.1, 0.15) is 5.60 Å². The van der Waals surface area contributed by atoms with E-state index < -0.39 is 11.7 Å². The molecule has 0 atom stereocenters. The Bertz CT molecular complexity index is 467. The van der Waals surface area contributed by atoms with E-state index in [-0.39, 0.29) is 0 Å². The summed E-state index contributed by atoms with van der Waals surface area (Å²) in [5.41, 5.74) is 1.64. The van der Waals surface area contributed by atoms with Crippen LogP contribution in [0.25, 0.3) is 0 Å². The van der Waals surface area contributed by atoms with E-state index in [1.807, 2.05) is 45.0 Å². The van der Waals surface area contributed by atoms with Crippen molar-refractivity contribution in [2.45, 2.75) is 39.3 Å². The van der Waals surface area contributed by atoms with E-state index in [9.17, 15) is 4.79 Å². The summed E-state index contributed by atoms with van der Waals surface area (Å²) in [5.74, 6) is 0. The van der Waals surface area contributed by atoms with E-state index >= 15 is 0 Å². The zero-order chi connectivity index (χ0) is 16.6. The maximum atomic E-state index is 11.6. The molecule has 22 heavy (non-hydrogen) atoms. The third kappa shape index (κ3) is 8.52.